The molecule has 0 radical (unpaired) electrons. The van der Waals surface area contributed by atoms with Crippen molar-refractivity contribution in [1.82, 2.24) is 0 Å². The van der Waals surface area contributed by atoms with Crippen LogP contribution in [0.4, 0.5) is 0 Å². The van der Waals surface area contributed by atoms with Crippen molar-refractivity contribution in [3.63, 3.8) is 0 Å². The van der Waals surface area contributed by atoms with Gasteiger partial charge in [-0.15, -0.1) is 0 Å². The molecular formula is C13H27NO6S. The van der Waals surface area contributed by atoms with Gasteiger partial charge in [0.2, 0.25) is 16.6 Å². The third-order valence-electron chi connectivity index (χ3n) is 3.38. The van der Waals surface area contributed by atoms with E-state index in [1.165, 1.54) is 13.0 Å². The van der Waals surface area contributed by atoms with Gasteiger partial charge in [0.05, 0.1) is 26.2 Å². The number of carbonyl (C=O) groups excluding carboxylic acids is 1. The minimum absolute atomic E-state index is 0.0914. The van der Waals surface area contributed by atoms with Crippen molar-refractivity contribution >= 4 is 16.4 Å². The molecule has 21 heavy (non-hydrogen) atoms. The summed E-state index contributed by atoms with van der Waals surface area (Å²) in [6.07, 6.45) is 1.12. The highest BCUT2D eigenvalue weighted by Gasteiger charge is 2.30. The number of rotatable bonds is 8. The summed E-state index contributed by atoms with van der Waals surface area (Å²) in [6.45, 7) is 15.9. The molecule has 0 aliphatic rings. The molecule has 0 aromatic carbocycles. The Morgan fingerprint density at radius 1 is 1.24 bits per heavy atom. The van der Waals surface area contributed by atoms with E-state index < -0.39 is 10.4 Å². The zero-order valence-electron chi connectivity index (χ0n) is 13.5. The second-order valence-electron chi connectivity index (χ2n) is 4.22. The molecule has 0 aromatic rings. The molecule has 0 amide bonds. The van der Waals surface area contributed by atoms with Gasteiger partial charge in [-0.2, -0.15) is 0 Å². The summed E-state index contributed by atoms with van der Waals surface area (Å²) >= 11 is 0. The molecule has 0 bridgehead atoms. The van der Waals surface area contributed by atoms with Gasteiger partial charge in [0.15, 0.2) is 0 Å². The molecule has 126 valence electrons. The second kappa shape index (κ2) is 10.7. The van der Waals surface area contributed by atoms with Crippen LogP contribution in [-0.2, 0) is 24.1 Å². The van der Waals surface area contributed by atoms with Crippen LogP contribution in [-0.4, -0.2) is 55.9 Å². The van der Waals surface area contributed by atoms with Crippen molar-refractivity contribution in [3.8, 4) is 0 Å². The van der Waals surface area contributed by atoms with Gasteiger partial charge in [-0.3, -0.25) is 8.67 Å². The van der Waals surface area contributed by atoms with Gasteiger partial charge in [-0.1, -0.05) is 6.58 Å². The number of ether oxygens (including phenoxy) is 1. The van der Waals surface area contributed by atoms with Crippen molar-refractivity contribution in [1.29, 1.82) is 0 Å². The average molecular weight is 325 g/mol. The van der Waals surface area contributed by atoms with E-state index in [0.29, 0.717) is 0 Å². The van der Waals surface area contributed by atoms with Crippen LogP contribution in [0.15, 0.2) is 12.7 Å². The van der Waals surface area contributed by atoms with Crippen molar-refractivity contribution in [2.45, 2.75) is 40.8 Å². The lowest BCUT2D eigenvalue weighted by molar-refractivity contribution is -0.962. The third kappa shape index (κ3) is 9.57. The van der Waals surface area contributed by atoms with Gasteiger partial charge in [0.25, 0.3) is 0 Å². The van der Waals surface area contributed by atoms with E-state index in [1.54, 1.807) is 0 Å². The van der Waals surface area contributed by atoms with Crippen LogP contribution in [0.1, 0.15) is 34.6 Å². The number of hydrogen-bond donors (Lipinski definition) is 0. The summed E-state index contributed by atoms with van der Waals surface area (Å²) < 4.78 is 38.1. The molecule has 0 saturated carbocycles. The van der Waals surface area contributed by atoms with Crippen LogP contribution in [0.25, 0.3) is 0 Å². The predicted octanol–water partition coefficient (Wildman–Crippen LogP) is 1.42. The maximum atomic E-state index is 11.1. The smallest absolute Gasteiger partial charge is 0.334 e. The van der Waals surface area contributed by atoms with Crippen LogP contribution in [0.2, 0.25) is 0 Å². The Morgan fingerprint density at radius 3 is 1.86 bits per heavy atom. The number of nitrogens with zero attached hydrogens (tertiary/aromatic N) is 1. The first-order valence-electron chi connectivity index (χ1n) is 6.91. The van der Waals surface area contributed by atoms with Crippen LogP contribution in [0, 0.1) is 0 Å². The Balaban J connectivity index is 0. The molecule has 0 heterocycles. The molecule has 0 fully saturated rings. The van der Waals surface area contributed by atoms with Gasteiger partial charge in [-0.25, -0.2) is 13.2 Å². The molecule has 0 saturated heterocycles. The molecule has 0 spiro atoms. The quantitative estimate of drug-likeness (QED) is 0.167. The predicted molar refractivity (Wildman–Crippen MR) is 79.0 cm³/mol. The lowest BCUT2D eigenvalue weighted by Crippen LogP contribution is -2.55. The fourth-order valence-electron chi connectivity index (χ4n) is 1.91. The van der Waals surface area contributed by atoms with Crippen LogP contribution < -0.4 is 0 Å². The van der Waals surface area contributed by atoms with Gasteiger partial charge >= 0.3 is 5.97 Å². The van der Waals surface area contributed by atoms with E-state index in [-0.39, 0.29) is 18.8 Å². The summed E-state index contributed by atoms with van der Waals surface area (Å²) in [7, 11) is -4.42. The molecule has 8 heteroatoms. The van der Waals surface area contributed by atoms with Crippen molar-refractivity contribution in [2.24, 2.45) is 0 Å². The zero-order chi connectivity index (χ0) is 17.1. The number of hydrogen-bond acceptors (Lipinski definition) is 6. The fraction of sp³-hybridized carbons (Fsp3) is 0.769. The Morgan fingerprint density at radius 2 is 1.67 bits per heavy atom. The first kappa shape index (κ1) is 22.3. The standard InChI is InChI=1S/C11H22NO2.C2H6O4S/c1-6-11(13)14-10(5)12(7-2,8-3)9-4;1-2-6-7(3,4)5/h6,10H,1,7-9H2,2-5H3;2H2,1H3,(H,3,4,5)/q+1;/p-1. The Hall–Kier alpha value is -0.960. The average Bonchev–Trinajstić information content (AvgIpc) is 2.40. The van der Waals surface area contributed by atoms with Crippen LogP contribution >= 0.6 is 0 Å². The maximum Gasteiger partial charge on any atom is 0.334 e. The molecule has 1 unspecified atom stereocenters. The molecular weight excluding hydrogens is 298 g/mol. The van der Waals surface area contributed by atoms with E-state index >= 15 is 0 Å². The highest BCUT2D eigenvalue weighted by molar-refractivity contribution is 7.80. The monoisotopic (exact) mass is 325 g/mol. The van der Waals surface area contributed by atoms with Crippen LogP contribution in [0.3, 0.4) is 0 Å². The van der Waals surface area contributed by atoms with Crippen molar-refractivity contribution < 1.29 is 31.2 Å². The molecule has 1 atom stereocenters. The molecule has 7 nitrogen and oxygen atoms in total. The highest BCUT2D eigenvalue weighted by atomic mass is 32.3. The molecule has 0 aliphatic heterocycles. The van der Waals surface area contributed by atoms with E-state index in [9.17, 15) is 17.8 Å². The van der Waals surface area contributed by atoms with Crippen LogP contribution in [0.5, 0.6) is 0 Å². The van der Waals surface area contributed by atoms with Gasteiger partial charge < -0.3 is 9.29 Å². The Bertz CT molecular complexity index is 395. The first-order valence-corrected chi connectivity index (χ1v) is 8.24. The summed E-state index contributed by atoms with van der Waals surface area (Å²) in [5.74, 6) is -0.338. The van der Waals surface area contributed by atoms with E-state index in [2.05, 4.69) is 31.5 Å². The molecule has 0 aliphatic carbocycles. The Labute approximate surface area is 128 Å². The number of carbonyl (C=O) groups is 1. The zero-order valence-corrected chi connectivity index (χ0v) is 14.3. The topological polar surface area (TPSA) is 92.7 Å². The molecule has 0 aromatic heterocycles. The van der Waals surface area contributed by atoms with E-state index in [0.717, 1.165) is 24.1 Å². The summed E-state index contributed by atoms with van der Waals surface area (Å²) in [5, 5.41) is 0. The third-order valence-corrected chi connectivity index (χ3v) is 3.90. The van der Waals surface area contributed by atoms with Crippen molar-refractivity contribution in [2.75, 3.05) is 26.2 Å². The summed E-state index contributed by atoms with van der Waals surface area (Å²) in [4.78, 5) is 11.1. The Kier molecular flexibility index (Phi) is 11.4. The van der Waals surface area contributed by atoms with Gasteiger partial charge in [0, 0.05) is 13.0 Å². The van der Waals surface area contributed by atoms with E-state index in [4.69, 9.17) is 4.74 Å². The van der Waals surface area contributed by atoms with E-state index in [1.807, 2.05) is 6.92 Å². The van der Waals surface area contributed by atoms with Gasteiger partial charge in [-0.05, 0) is 27.7 Å². The summed E-state index contributed by atoms with van der Waals surface area (Å²) in [6, 6.07) is 0. The summed E-state index contributed by atoms with van der Waals surface area (Å²) in [5.41, 5.74) is 0. The number of esters is 1. The maximum absolute atomic E-state index is 11.1. The fourth-order valence-corrected chi connectivity index (χ4v) is 2.20. The largest absolute Gasteiger partial charge is 0.726 e. The minimum Gasteiger partial charge on any atom is -0.726 e. The normalized spacial score (nSPS) is 12.9. The minimum atomic E-state index is -4.42. The van der Waals surface area contributed by atoms with Gasteiger partial charge in [0.1, 0.15) is 0 Å². The lowest BCUT2D eigenvalue weighted by Gasteiger charge is -2.39. The SMILES string of the molecule is C=CC(=O)OC(C)[N+](CC)(CC)CC.CCOS(=O)(=O)[O-]. The molecule has 0 rings (SSSR count). The number of quaternary nitrogens is 1. The lowest BCUT2D eigenvalue weighted by atomic mass is 10.3. The highest BCUT2D eigenvalue weighted by Crippen LogP contribution is 2.14. The van der Waals surface area contributed by atoms with Crippen molar-refractivity contribution in [3.05, 3.63) is 12.7 Å². The first-order chi connectivity index (χ1) is 9.62. The molecule has 0 N–H and O–H groups in total. The second-order valence-corrected chi connectivity index (χ2v) is 5.27.